The third kappa shape index (κ3) is 2.67. The molecule has 1 aromatic heterocycles. The highest BCUT2D eigenvalue weighted by atomic mass is 32.3. The highest BCUT2D eigenvalue weighted by Crippen LogP contribution is 2.46. The van der Waals surface area contributed by atoms with Gasteiger partial charge in [0.15, 0.2) is 0 Å². The van der Waals surface area contributed by atoms with E-state index in [1.54, 1.807) is 6.20 Å². The molecule has 90 valence electrons. The maximum Gasteiger partial charge on any atom is 0.138 e. The summed E-state index contributed by atoms with van der Waals surface area (Å²) >= 11 is 0. The van der Waals surface area contributed by atoms with Crippen LogP contribution in [0.4, 0.5) is 4.39 Å². The first-order valence-corrected chi connectivity index (χ1v) is 8.23. The second kappa shape index (κ2) is 4.49. The van der Waals surface area contributed by atoms with Crippen molar-refractivity contribution in [3.8, 4) is 11.3 Å². The molecule has 0 aliphatic heterocycles. The van der Waals surface area contributed by atoms with E-state index in [0.29, 0.717) is 5.69 Å². The Kier molecular flexibility index (Phi) is 3.20. The molecule has 0 aliphatic rings. The summed E-state index contributed by atoms with van der Waals surface area (Å²) in [5.74, 6) is -0.152. The molecule has 3 heteroatoms. The number of hydrogen-bond acceptors (Lipinski definition) is 1. The average Bonchev–Trinajstić information content (AvgIpc) is 2.28. The summed E-state index contributed by atoms with van der Waals surface area (Å²) in [7, 11) is -1.07. The Bertz CT molecular complexity index is 517. The summed E-state index contributed by atoms with van der Waals surface area (Å²) in [6.07, 6.45) is 7.87. The van der Waals surface area contributed by atoms with Crippen molar-refractivity contribution in [2.45, 2.75) is 4.90 Å². The number of benzene rings is 1. The van der Waals surface area contributed by atoms with Gasteiger partial charge in [-0.2, -0.15) is 0 Å². The minimum atomic E-state index is -1.07. The van der Waals surface area contributed by atoms with E-state index < -0.39 is 10.0 Å². The van der Waals surface area contributed by atoms with Crippen molar-refractivity contribution in [3.63, 3.8) is 0 Å². The number of halogens is 1. The van der Waals surface area contributed by atoms with Crippen molar-refractivity contribution in [1.82, 2.24) is 4.98 Å². The predicted molar refractivity (Wildman–Crippen MR) is 73.3 cm³/mol. The van der Waals surface area contributed by atoms with Crippen molar-refractivity contribution in [2.75, 3.05) is 18.8 Å². The fourth-order valence-electron chi connectivity index (χ4n) is 1.64. The molecule has 2 rings (SSSR count). The minimum absolute atomic E-state index is 0.152. The molecule has 1 aromatic carbocycles. The predicted octanol–water partition coefficient (Wildman–Crippen LogP) is 3.94. The molecule has 0 fully saturated rings. The van der Waals surface area contributed by atoms with Gasteiger partial charge in [0, 0.05) is 22.7 Å². The number of aromatic nitrogens is 1. The van der Waals surface area contributed by atoms with Crippen LogP contribution in [-0.2, 0) is 0 Å². The molecule has 0 unspecified atom stereocenters. The van der Waals surface area contributed by atoms with Crippen LogP contribution in [0.1, 0.15) is 0 Å². The first-order chi connectivity index (χ1) is 7.98. The van der Waals surface area contributed by atoms with Crippen molar-refractivity contribution < 1.29 is 4.39 Å². The fourth-order valence-corrected chi connectivity index (χ4v) is 2.65. The van der Waals surface area contributed by atoms with Crippen LogP contribution in [0.15, 0.2) is 47.5 Å². The zero-order valence-electron chi connectivity index (χ0n) is 10.3. The lowest BCUT2D eigenvalue weighted by molar-refractivity contribution is 0.598. The van der Waals surface area contributed by atoms with E-state index >= 15 is 0 Å². The zero-order valence-corrected chi connectivity index (χ0v) is 11.1. The Labute approximate surface area is 103 Å². The second-order valence-corrected chi connectivity index (χ2v) is 8.82. The van der Waals surface area contributed by atoms with Crippen LogP contribution in [0.2, 0.25) is 0 Å². The van der Waals surface area contributed by atoms with Crippen LogP contribution in [-0.4, -0.2) is 23.8 Å². The first-order valence-electron chi connectivity index (χ1n) is 5.38. The van der Waals surface area contributed by atoms with E-state index in [2.05, 4.69) is 23.8 Å². The third-order valence-corrected chi connectivity index (χ3v) is 4.17. The van der Waals surface area contributed by atoms with Gasteiger partial charge in [-0.15, -0.1) is 0 Å². The van der Waals surface area contributed by atoms with Crippen LogP contribution < -0.4 is 0 Å². The van der Waals surface area contributed by atoms with Crippen molar-refractivity contribution >= 4 is 10.0 Å². The minimum Gasteiger partial charge on any atom is -0.255 e. The molecule has 17 heavy (non-hydrogen) atoms. The molecule has 0 N–H and O–H groups in total. The number of pyridine rings is 1. The SMILES string of the molecule is CS(C)(C)c1cnc(-c2ccccc2)cc1F. The zero-order chi connectivity index (χ0) is 12.5. The fraction of sp³-hybridized carbons (Fsp3) is 0.214. The molecule has 1 heterocycles. The van der Waals surface area contributed by atoms with Crippen molar-refractivity contribution in [2.24, 2.45) is 0 Å². The summed E-state index contributed by atoms with van der Waals surface area (Å²) < 4.78 is 14.0. The Hall–Kier alpha value is -1.35. The van der Waals surface area contributed by atoms with Crippen LogP contribution in [0.25, 0.3) is 11.3 Å². The Morgan fingerprint density at radius 2 is 1.71 bits per heavy atom. The van der Waals surface area contributed by atoms with Gasteiger partial charge < -0.3 is 0 Å². The van der Waals surface area contributed by atoms with E-state index in [4.69, 9.17) is 0 Å². The van der Waals surface area contributed by atoms with Crippen molar-refractivity contribution in [1.29, 1.82) is 0 Å². The molecule has 0 saturated heterocycles. The maximum atomic E-state index is 14.0. The normalized spacial score (nSPS) is 12.5. The van der Waals surface area contributed by atoms with E-state index in [1.165, 1.54) is 6.07 Å². The van der Waals surface area contributed by atoms with Gasteiger partial charge in [0.2, 0.25) is 0 Å². The van der Waals surface area contributed by atoms with Gasteiger partial charge in [-0.1, -0.05) is 30.3 Å². The van der Waals surface area contributed by atoms with E-state index in [9.17, 15) is 4.39 Å². The largest absolute Gasteiger partial charge is 0.255 e. The summed E-state index contributed by atoms with van der Waals surface area (Å²) in [4.78, 5) is 5.09. The standard InChI is InChI=1S/C14H16FNS/c1-17(2,3)14-10-16-13(9-12(14)15)11-7-5-4-6-8-11/h4-10H,1-3H3. The number of nitrogens with zero attached hydrogens (tertiary/aromatic N) is 1. The molecule has 0 radical (unpaired) electrons. The molecular formula is C14H16FNS. The van der Waals surface area contributed by atoms with Gasteiger partial charge in [0.25, 0.3) is 0 Å². The smallest absolute Gasteiger partial charge is 0.138 e. The molecule has 2 aromatic rings. The number of hydrogen-bond donors (Lipinski definition) is 0. The molecule has 0 bridgehead atoms. The molecule has 0 spiro atoms. The molecule has 0 atom stereocenters. The highest BCUT2D eigenvalue weighted by molar-refractivity contribution is 8.32. The highest BCUT2D eigenvalue weighted by Gasteiger charge is 2.15. The van der Waals surface area contributed by atoms with E-state index in [0.717, 1.165) is 10.5 Å². The lowest BCUT2D eigenvalue weighted by Gasteiger charge is -2.25. The van der Waals surface area contributed by atoms with Crippen LogP contribution >= 0.6 is 10.0 Å². The number of rotatable bonds is 2. The Morgan fingerprint density at radius 1 is 1.06 bits per heavy atom. The Balaban J connectivity index is 2.45. The first kappa shape index (κ1) is 12.1. The summed E-state index contributed by atoms with van der Waals surface area (Å²) in [5, 5.41) is 0. The lowest BCUT2D eigenvalue weighted by Crippen LogP contribution is -1.99. The van der Waals surface area contributed by atoms with Gasteiger partial charge in [0.05, 0.1) is 5.69 Å². The maximum absolute atomic E-state index is 14.0. The van der Waals surface area contributed by atoms with Crippen molar-refractivity contribution in [3.05, 3.63) is 48.4 Å². The van der Waals surface area contributed by atoms with E-state index in [1.807, 2.05) is 30.3 Å². The molecule has 0 saturated carbocycles. The molecule has 1 nitrogen and oxygen atoms in total. The van der Waals surface area contributed by atoms with Crippen LogP contribution in [0, 0.1) is 5.82 Å². The van der Waals surface area contributed by atoms with Gasteiger partial charge in [-0.05, 0) is 18.8 Å². The average molecular weight is 249 g/mol. The quantitative estimate of drug-likeness (QED) is 0.785. The third-order valence-electron chi connectivity index (χ3n) is 2.55. The van der Waals surface area contributed by atoms with Gasteiger partial charge in [0.1, 0.15) is 5.82 Å². The summed E-state index contributed by atoms with van der Waals surface area (Å²) in [5.41, 5.74) is 1.64. The molecular weight excluding hydrogens is 233 g/mol. The molecule has 0 amide bonds. The van der Waals surface area contributed by atoms with Crippen LogP contribution in [0.5, 0.6) is 0 Å². The Morgan fingerprint density at radius 3 is 2.24 bits per heavy atom. The van der Waals surface area contributed by atoms with Gasteiger partial charge in [-0.25, -0.2) is 14.4 Å². The second-order valence-electron chi connectivity index (χ2n) is 4.70. The molecule has 0 aliphatic carbocycles. The topological polar surface area (TPSA) is 12.9 Å². The lowest BCUT2D eigenvalue weighted by atomic mass is 10.1. The van der Waals surface area contributed by atoms with Gasteiger partial charge >= 0.3 is 0 Å². The van der Waals surface area contributed by atoms with Crippen LogP contribution in [0.3, 0.4) is 0 Å². The van der Waals surface area contributed by atoms with E-state index in [-0.39, 0.29) is 5.82 Å². The summed E-state index contributed by atoms with van der Waals surface area (Å²) in [6.45, 7) is 0. The van der Waals surface area contributed by atoms with Gasteiger partial charge in [-0.3, -0.25) is 4.98 Å². The summed E-state index contributed by atoms with van der Waals surface area (Å²) in [6, 6.07) is 11.2. The monoisotopic (exact) mass is 249 g/mol.